The molecule has 0 spiro atoms. The number of halogens is 1. The van der Waals surface area contributed by atoms with E-state index in [0.717, 1.165) is 12.0 Å². The number of nitrogens with two attached hydrogens (primary N) is 1. The fourth-order valence-electron chi connectivity index (χ4n) is 1.23. The molecule has 1 rings (SSSR count). The van der Waals surface area contributed by atoms with E-state index in [1.807, 2.05) is 6.92 Å². The average Bonchev–Trinajstić information content (AvgIpc) is 2.16. The Labute approximate surface area is 90.3 Å². The van der Waals surface area contributed by atoms with Gasteiger partial charge in [0.25, 0.3) is 0 Å². The minimum absolute atomic E-state index is 0. The molecule has 0 aromatic heterocycles. The zero-order valence-electron chi connectivity index (χ0n) is 8.36. The highest BCUT2D eigenvalue weighted by molar-refractivity contribution is 5.85. The standard InChI is InChI=1S/C10H15NO2.ClH/c1-3-9(11)8-5-4-7(12)6-10(8)13-2;/h4-6,9,12H,3,11H2,1-2H3;1H/t9-;/m0./s1. The van der Waals surface area contributed by atoms with Gasteiger partial charge in [0, 0.05) is 17.7 Å². The van der Waals surface area contributed by atoms with E-state index < -0.39 is 0 Å². The molecule has 0 amide bonds. The fourth-order valence-corrected chi connectivity index (χ4v) is 1.23. The summed E-state index contributed by atoms with van der Waals surface area (Å²) in [6, 6.07) is 4.95. The van der Waals surface area contributed by atoms with Gasteiger partial charge in [0.05, 0.1) is 7.11 Å². The van der Waals surface area contributed by atoms with Crippen molar-refractivity contribution in [1.29, 1.82) is 0 Å². The molecule has 3 N–H and O–H groups in total. The summed E-state index contributed by atoms with van der Waals surface area (Å²) in [5.41, 5.74) is 6.79. The zero-order chi connectivity index (χ0) is 9.84. The van der Waals surface area contributed by atoms with Crippen LogP contribution in [0.25, 0.3) is 0 Å². The Morgan fingerprint density at radius 1 is 1.50 bits per heavy atom. The summed E-state index contributed by atoms with van der Waals surface area (Å²) in [6.07, 6.45) is 0.848. The highest BCUT2D eigenvalue weighted by atomic mass is 35.5. The summed E-state index contributed by atoms with van der Waals surface area (Å²) in [5.74, 6) is 0.846. The lowest BCUT2D eigenvalue weighted by atomic mass is 10.0. The second kappa shape index (κ2) is 5.73. The van der Waals surface area contributed by atoms with Gasteiger partial charge in [0.15, 0.2) is 0 Å². The first-order valence-electron chi connectivity index (χ1n) is 4.31. The van der Waals surface area contributed by atoms with E-state index in [1.165, 1.54) is 0 Å². The van der Waals surface area contributed by atoms with Crippen molar-refractivity contribution < 1.29 is 9.84 Å². The van der Waals surface area contributed by atoms with Crippen LogP contribution in [0.5, 0.6) is 11.5 Å². The molecule has 0 heterocycles. The van der Waals surface area contributed by atoms with Gasteiger partial charge in [-0.25, -0.2) is 0 Å². The Bertz CT molecular complexity index is 291. The van der Waals surface area contributed by atoms with Crippen LogP contribution in [0.4, 0.5) is 0 Å². The molecule has 0 aliphatic heterocycles. The van der Waals surface area contributed by atoms with Crippen LogP contribution in [0.2, 0.25) is 0 Å². The second-order valence-corrected chi connectivity index (χ2v) is 2.94. The quantitative estimate of drug-likeness (QED) is 0.817. The number of methoxy groups -OCH3 is 1. The van der Waals surface area contributed by atoms with Crippen molar-refractivity contribution in [3.8, 4) is 11.5 Å². The molecule has 80 valence electrons. The van der Waals surface area contributed by atoms with E-state index >= 15 is 0 Å². The summed E-state index contributed by atoms with van der Waals surface area (Å²) in [4.78, 5) is 0. The molecule has 0 saturated carbocycles. The van der Waals surface area contributed by atoms with Crippen molar-refractivity contribution in [2.24, 2.45) is 5.73 Å². The zero-order valence-corrected chi connectivity index (χ0v) is 9.17. The van der Waals surface area contributed by atoms with Gasteiger partial charge < -0.3 is 15.6 Å². The van der Waals surface area contributed by atoms with Gasteiger partial charge in [0.2, 0.25) is 0 Å². The molecule has 14 heavy (non-hydrogen) atoms. The third-order valence-electron chi connectivity index (χ3n) is 2.06. The van der Waals surface area contributed by atoms with Gasteiger partial charge in [-0.3, -0.25) is 0 Å². The molecule has 0 aliphatic rings. The Hall–Kier alpha value is -0.930. The van der Waals surface area contributed by atoms with Crippen LogP contribution in [0.15, 0.2) is 18.2 Å². The number of phenols is 1. The molecule has 3 nitrogen and oxygen atoms in total. The molecule has 1 atom stereocenters. The van der Waals surface area contributed by atoms with Gasteiger partial charge in [-0.05, 0) is 12.5 Å². The monoisotopic (exact) mass is 217 g/mol. The SMILES string of the molecule is CC[C@H](N)c1ccc(O)cc1OC.Cl. The number of phenolic OH excluding ortho intramolecular Hbond substituents is 1. The van der Waals surface area contributed by atoms with E-state index in [2.05, 4.69) is 0 Å². The lowest BCUT2D eigenvalue weighted by Gasteiger charge is -2.13. The maximum absolute atomic E-state index is 9.20. The summed E-state index contributed by atoms with van der Waals surface area (Å²) >= 11 is 0. The van der Waals surface area contributed by atoms with Crippen molar-refractivity contribution in [3.05, 3.63) is 23.8 Å². The van der Waals surface area contributed by atoms with Crippen LogP contribution in [-0.2, 0) is 0 Å². The first kappa shape index (κ1) is 13.1. The number of hydrogen-bond donors (Lipinski definition) is 2. The molecule has 0 aliphatic carbocycles. The third kappa shape index (κ3) is 2.79. The minimum Gasteiger partial charge on any atom is -0.508 e. The molecule has 1 aromatic carbocycles. The van der Waals surface area contributed by atoms with Crippen molar-refractivity contribution in [2.75, 3.05) is 7.11 Å². The molecule has 0 unspecified atom stereocenters. The Kier molecular flexibility index (Phi) is 5.35. The fraction of sp³-hybridized carbons (Fsp3) is 0.400. The van der Waals surface area contributed by atoms with Crippen molar-refractivity contribution in [3.63, 3.8) is 0 Å². The highest BCUT2D eigenvalue weighted by Gasteiger charge is 2.09. The van der Waals surface area contributed by atoms with Crippen LogP contribution in [0, 0.1) is 0 Å². The van der Waals surface area contributed by atoms with Gasteiger partial charge in [-0.1, -0.05) is 13.0 Å². The minimum atomic E-state index is -0.0319. The number of hydrogen-bond acceptors (Lipinski definition) is 3. The largest absolute Gasteiger partial charge is 0.508 e. The van der Waals surface area contributed by atoms with Crippen LogP contribution in [0.3, 0.4) is 0 Å². The summed E-state index contributed by atoms with van der Waals surface area (Å²) in [6.45, 7) is 2.01. The normalized spacial score (nSPS) is 11.6. The van der Waals surface area contributed by atoms with Crippen LogP contribution in [-0.4, -0.2) is 12.2 Å². The van der Waals surface area contributed by atoms with Crippen LogP contribution >= 0.6 is 12.4 Å². The first-order valence-corrected chi connectivity index (χ1v) is 4.31. The van der Waals surface area contributed by atoms with E-state index in [4.69, 9.17) is 10.5 Å². The van der Waals surface area contributed by atoms with Crippen LogP contribution in [0.1, 0.15) is 24.9 Å². The number of rotatable bonds is 3. The predicted molar refractivity (Wildman–Crippen MR) is 59.1 cm³/mol. The highest BCUT2D eigenvalue weighted by Crippen LogP contribution is 2.28. The van der Waals surface area contributed by atoms with Crippen molar-refractivity contribution in [2.45, 2.75) is 19.4 Å². The molecule has 0 fully saturated rings. The molecule has 1 aromatic rings. The van der Waals surface area contributed by atoms with Gasteiger partial charge >= 0.3 is 0 Å². The summed E-state index contributed by atoms with van der Waals surface area (Å²) < 4.78 is 5.11. The third-order valence-corrected chi connectivity index (χ3v) is 2.06. The summed E-state index contributed by atoms with van der Waals surface area (Å²) in [5, 5.41) is 9.20. The smallest absolute Gasteiger partial charge is 0.127 e. The maximum atomic E-state index is 9.20. The molecule has 4 heteroatoms. The van der Waals surface area contributed by atoms with Crippen molar-refractivity contribution in [1.82, 2.24) is 0 Å². The van der Waals surface area contributed by atoms with E-state index in [-0.39, 0.29) is 24.2 Å². The number of ether oxygens (including phenoxy) is 1. The molecule has 0 radical (unpaired) electrons. The average molecular weight is 218 g/mol. The summed E-state index contributed by atoms with van der Waals surface area (Å²) in [7, 11) is 1.57. The van der Waals surface area contributed by atoms with Crippen molar-refractivity contribution >= 4 is 12.4 Å². The molecular weight excluding hydrogens is 202 g/mol. The Morgan fingerprint density at radius 2 is 2.14 bits per heavy atom. The number of benzene rings is 1. The number of aromatic hydroxyl groups is 1. The first-order chi connectivity index (χ1) is 6.19. The predicted octanol–water partition coefficient (Wildman–Crippen LogP) is 2.23. The van der Waals surface area contributed by atoms with Gasteiger partial charge in [-0.15, -0.1) is 12.4 Å². The topological polar surface area (TPSA) is 55.5 Å². The maximum Gasteiger partial charge on any atom is 0.127 e. The molecule has 0 bridgehead atoms. The van der Waals surface area contributed by atoms with E-state index in [0.29, 0.717) is 5.75 Å². The molecule has 0 saturated heterocycles. The van der Waals surface area contributed by atoms with Gasteiger partial charge in [-0.2, -0.15) is 0 Å². The lowest BCUT2D eigenvalue weighted by Crippen LogP contribution is -2.09. The molecular formula is C10H16ClNO2. The Balaban J connectivity index is 0.00000169. The van der Waals surface area contributed by atoms with Gasteiger partial charge in [0.1, 0.15) is 11.5 Å². The lowest BCUT2D eigenvalue weighted by molar-refractivity contribution is 0.398. The Morgan fingerprint density at radius 3 is 2.64 bits per heavy atom. The van der Waals surface area contributed by atoms with E-state index in [9.17, 15) is 5.11 Å². The van der Waals surface area contributed by atoms with E-state index in [1.54, 1.807) is 25.3 Å². The second-order valence-electron chi connectivity index (χ2n) is 2.94. The van der Waals surface area contributed by atoms with Crippen LogP contribution < -0.4 is 10.5 Å².